The highest BCUT2D eigenvalue weighted by molar-refractivity contribution is 9.11. The fourth-order valence-corrected chi connectivity index (χ4v) is 3.75. The van der Waals surface area contributed by atoms with E-state index >= 15 is 0 Å². The van der Waals surface area contributed by atoms with Crippen molar-refractivity contribution in [2.45, 2.75) is 13.0 Å². The summed E-state index contributed by atoms with van der Waals surface area (Å²) in [6.45, 7) is 1.60. The van der Waals surface area contributed by atoms with Gasteiger partial charge in [-0.25, -0.2) is 4.79 Å². The van der Waals surface area contributed by atoms with Crippen LogP contribution < -0.4 is 5.32 Å². The predicted molar refractivity (Wildman–Crippen MR) is 88.5 cm³/mol. The fraction of sp³-hybridized carbons (Fsp3) is 0.214. The van der Waals surface area contributed by atoms with E-state index in [-0.39, 0.29) is 0 Å². The summed E-state index contributed by atoms with van der Waals surface area (Å²) in [6.07, 6.45) is 0.987. The van der Waals surface area contributed by atoms with Gasteiger partial charge in [0.2, 0.25) is 0 Å². The zero-order valence-corrected chi connectivity index (χ0v) is 14.5. The van der Waals surface area contributed by atoms with E-state index in [9.17, 15) is 4.79 Å². The van der Waals surface area contributed by atoms with Crippen LogP contribution in [0.4, 0.5) is 0 Å². The Morgan fingerprint density at radius 3 is 2.65 bits per heavy atom. The molecule has 0 saturated carbocycles. The minimum atomic E-state index is -0.909. The highest BCUT2D eigenvalue weighted by Gasteiger charge is 2.06. The van der Waals surface area contributed by atoms with Crippen LogP contribution in [-0.4, -0.2) is 17.6 Å². The van der Waals surface area contributed by atoms with Crippen LogP contribution in [0.2, 0.25) is 0 Å². The average Bonchev–Trinajstić information content (AvgIpc) is 2.81. The number of hydrogen-bond acceptors (Lipinski definition) is 3. The Hall–Kier alpha value is -0.690. The molecule has 0 bridgehead atoms. The zero-order chi connectivity index (χ0) is 14.5. The van der Waals surface area contributed by atoms with Crippen LogP contribution in [-0.2, 0) is 13.0 Å². The summed E-state index contributed by atoms with van der Waals surface area (Å²) in [6, 6.07) is 9.27. The molecule has 0 unspecified atom stereocenters. The van der Waals surface area contributed by atoms with Gasteiger partial charge in [0, 0.05) is 22.4 Å². The Morgan fingerprint density at radius 2 is 2.05 bits per heavy atom. The fourth-order valence-electron chi connectivity index (χ4n) is 1.74. The number of carboxylic acids is 1. The Morgan fingerprint density at radius 1 is 1.25 bits per heavy atom. The lowest BCUT2D eigenvalue weighted by Crippen LogP contribution is -2.16. The first-order chi connectivity index (χ1) is 9.56. The van der Waals surface area contributed by atoms with Crippen LogP contribution in [0.15, 0.2) is 38.6 Å². The summed E-state index contributed by atoms with van der Waals surface area (Å²) < 4.78 is 1.98. The van der Waals surface area contributed by atoms with Crippen molar-refractivity contribution in [2.75, 3.05) is 6.54 Å². The number of hydrogen-bond donors (Lipinski definition) is 2. The van der Waals surface area contributed by atoms with Gasteiger partial charge in [-0.3, -0.25) is 0 Å². The number of aromatic carboxylic acids is 1. The van der Waals surface area contributed by atoms with E-state index in [0.717, 1.165) is 26.8 Å². The Balaban J connectivity index is 1.83. The molecule has 0 aliphatic carbocycles. The molecule has 0 amide bonds. The normalized spacial score (nSPS) is 10.7. The molecule has 20 heavy (non-hydrogen) atoms. The average molecular weight is 419 g/mol. The molecule has 106 valence electrons. The lowest BCUT2D eigenvalue weighted by atomic mass is 10.1. The summed E-state index contributed by atoms with van der Waals surface area (Å²) in [5.41, 5.74) is 1.35. The van der Waals surface area contributed by atoms with Crippen molar-refractivity contribution in [3.63, 3.8) is 0 Å². The topological polar surface area (TPSA) is 49.3 Å². The molecule has 1 aromatic heterocycles. The number of thiophene rings is 1. The Labute approximate surface area is 138 Å². The molecule has 6 heteroatoms. The quantitative estimate of drug-likeness (QED) is 0.687. The van der Waals surface area contributed by atoms with Crippen molar-refractivity contribution in [3.05, 3.63) is 54.6 Å². The van der Waals surface area contributed by atoms with E-state index in [1.807, 2.05) is 6.07 Å². The molecule has 0 fully saturated rings. The lowest BCUT2D eigenvalue weighted by molar-refractivity contribution is 0.0697. The molecule has 2 rings (SSSR count). The van der Waals surface area contributed by atoms with Gasteiger partial charge in [0.15, 0.2) is 0 Å². The van der Waals surface area contributed by atoms with Crippen LogP contribution >= 0.6 is 43.2 Å². The van der Waals surface area contributed by atoms with E-state index < -0.39 is 5.97 Å². The van der Waals surface area contributed by atoms with Crippen LogP contribution in [0, 0.1) is 0 Å². The van der Waals surface area contributed by atoms with E-state index in [0.29, 0.717) is 12.1 Å². The monoisotopic (exact) mass is 417 g/mol. The van der Waals surface area contributed by atoms with E-state index in [1.165, 1.54) is 4.88 Å². The van der Waals surface area contributed by atoms with Crippen molar-refractivity contribution in [1.82, 2.24) is 5.32 Å². The van der Waals surface area contributed by atoms with Gasteiger partial charge in [-0.2, -0.15) is 0 Å². The van der Waals surface area contributed by atoms with Gasteiger partial charge in [0.1, 0.15) is 0 Å². The van der Waals surface area contributed by atoms with E-state index in [1.54, 1.807) is 23.5 Å². The van der Waals surface area contributed by atoms with Gasteiger partial charge in [0.25, 0.3) is 0 Å². The molecule has 1 aromatic carbocycles. The third-order valence-corrected chi connectivity index (χ3v) is 5.21. The number of halogens is 2. The van der Waals surface area contributed by atoms with Crippen LogP contribution in [0.1, 0.15) is 20.8 Å². The summed E-state index contributed by atoms with van der Waals surface area (Å²) in [5, 5.41) is 12.3. The van der Waals surface area contributed by atoms with Crippen molar-refractivity contribution >= 4 is 49.2 Å². The first kappa shape index (κ1) is 15.7. The molecule has 0 aliphatic heterocycles. The summed E-state index contributed by atoms with van der Waals surface area (Å²) >= 11 is 8.60. The Kier molecular flexibility index (Phi) is 5.77. The molecule has 0 spiro atoms. The summed E-state index contributed by atoms with van der Waals surface area (Å²) in [7, 11) is 0. The molecule has 0 radical (unpaired) electrons. The van der Waals surface area contributed by atoms with Crippen LogP contribution in [0.5, 0.6) is 0 Å². The van der Waals surface area contributed by atoms with Crippen molar-refractivity contribution in [3.8, 4) is 0 Å². The molecular formula is C14H13Br2NO2S. The van der Waals surface area contributed by atoms with E-state index in [2.05, 4.69) is 49.3 Å². The first-order valence-electron chi connectivity index (χ1n) is 6.03. The number of carbonyl (C=O) groups is 1. The second-order valence-electron chi connectivity index (χ2n) is 4.24. The minimum absolute atomic E-state index is 0.295. The zero-order valence-electron chi connectivity index (χ0n) is 10.5. The number of nitrogens with one attached hydrogen (secondary N) is 1. The smallest absolute Gasteiger partial charge is 0.335 e. The minimum Gasteiger partial charge on any atom is -0.478 e. The molecular weight excluding hydrogens is 406 g/mol. The third kappa shape index (κ3) is 4.41. The van der Waals surface area contributed by atoms with Crippen molar-refractivity contribution < 1.29 is 9.90 Å². The molecule has 1 heterocycles. The summed E-state index contributed by atoms with van der Waals surface area (Å²) in [5.74, 6) is -0.909. The predicted octanol–water partition coefficient (Wildman–Crippen LogP) is 4.30. The molecule has 0 saturated heterocycles. The number of benzene rings is 1. The van der Waals surface area contributed by atoms with Gasteiger partial charge in [-0.05, 0) is 52.2 Å². The van der Waals surface area contributed by atoms with Crippen LogP contribution in [0.25, 0.3) is 0 Å². The van der Waals surface area contributed by atoms with Gasteiger partial charge >= 0.3 is 5.97 Å². The Bertz CT molecular complexity index is 613. The maximum atomic E-state index is 10.8. The number of rotatable bonds is 6. The highest BCUT2D eigenvalue weighted by atomic mass is 79.9. The first-order valence-corrected chi connectivity index (χ1v) is 8.43. The van der Waals surface area contributed by atoms with Gasteiger partial charge in [-0.15, -0.1) is 11.3 Å². The molecule has 2 N–H and O–H groups in total. The molecule has 0 aliphatic rings. The summed E-state index contributed by atoms with van der Waals surface area (Å²) in [4.78, 5) is 12.2. The van der Waals surface area contributed by atoms with Crippen molar-refractivity contribution in [1.29, 1.82) is 0 Å². The molecule has 0 atom stereocenters. The SMILES string of the molecule is O=C(O)c1ccc(CNCCc2ccc(Br)s2)c(Br)c1. The lowest BCUT2D eigenvalue weighted by Gasteiger charge is -2.07. The maximum absolute atomic E-state index is 10.8. The third-order valence-electron chi connectivity index (χ3n) is 2.79. The van der Waals surface area contributed by atoms with Gasteiger partial charge < -0.3 is 10.4 Å². The second kappa shape index (κ2) is 7.36. The van der Waals surface area contributed by atoms with Crippen LogP contribution in [0.3, 0.4) is 0 Å². The maximum Gasteiger partial charge on any atom is 0.335 e. The van der Waals surface area contributed by atoms with Gasteiger partial charge in [-0.1, -0.05) is 22.0 Å². The molecule has 2 aromatic rings. The largest absolute Gasteiger partial charge is 0.478 e. The van der Waals surface area contributed by atoms with Crippen molar-refractivity contribution in [2.24, 2.45) is 0 Å². The van der Waals surface area contributed by atoms with Gasteiger partial charge in [0.05, 0.1) is 9.35 Å². The van der Waals surface area contributed by atoms with E-state index in [4.69, 9.17) is 5.11 Å². The second-order valence-corrected chi connectivity index (χ2v) is 7.65. The standard InChI is InChI=1S/C14H13Br2NO2S/c15-12-7-9(14(18)19)1-2-10(12)8-17-6-5-11-3-4-13(16)20-11/h1-4,7,17H,5-6,8H2,(H,18,19). The molecule has 3 nitrogen and oxygen atoms in total. The highest BCUT2D eigenvalue weighted by Crippen LogP contribution is 2.22. The number of carboxylic acid groups (broad SMARTS) is 1.